The van der Waals surface area contributed by atoms with Gasteiger partial charge in [0.25, 0.3) is 0 Å². The molecule has 3 nitrogen and oxygen atoms in total. The van der Waals surface area contributed by atoms with E-state index < -0.39 is 0 Å². The highest BCUT2D eigenvalue weighted by Gasteiger charge is 2.06. The molecule has 0 unspecified atom stereocenters. The van der Waals surface area contributed by atoms with Crippen LogP contribution in [0.4, 0.5) is 0 Å². The molecular weight excluding hydrogens is 204 g/mol. The molecule has 1 aromatic rings. The highest BCUT2D eigenvalue weighted by atomic mass is 16.5. The van der Waals surface area contributed by atoms with Crippen molar-refractivity contribution in [3.63, 3.8) is 0 Å². The van der Waals surface area contributed by atoms with Gasteiger partial charge in [-0.15, -0.1) is 0 Å². The molecule has 0 saturated heterocycles. The van der Waals surface area contributed by atoms with E-state index in [1.807, 2.05) is 26.0 Å². The molecular formula is C13H20O3. The smallest absolute Gasteiger partial charge is 0.125 e. The largest absolute Gasteiger partial charge is 0.497 e. The van der Waals surface area contributed by atoms with Crippen molar-refractivity contribution >= 4 is 0 Å². The summed E-state index contributed by atoms with van der Waals surface area (Å²) >= 11 is 0. The monoisotopic (exact) mass is 224 g/mol. The van der Waals surface area contributed by atoms with Gasteiger partial charge in [-0.3, -0.25) is 0 Å². The van der Waals surface area contributed by atoms with Crippen LogP contribution in [0.3, 0.4) is 0 Å². The Labute approximate surface area is 97.3 Å². The van der Waals surface area contributed by atoms with E-state index in [1.54, 1.807) is 14.2 Å². The second-order valence-corrected chi connectivity index (χ2v) is 3.79. The van der Waals surface area contributed by atoms with Crippen molar-refractivity contribution < 1.29 is 14.2 Å². The Balaban J connectivity index is 2.65. The first-order valence-electron chi connectivity index (χ1n) is 5.46. The second kappa shape index (κ2) is 6.38. The third-order valence-corrected chi connectivity index (χ3v) is 2.41. The van der Waals surface area contributed by atoms with E-state index in [0.717, 1.165) is 35.7 Å². The first-order chi connectivity index (χ1) is 7.69. The Bertz CT molecular complexity index is 311. The van der Waals surface area contributed by atoms with Crippen LogP contribution in [0.25, 0.3) is 0 Å². The number of aryl methyl sites for hydroxylation is 2. The standard InChI is InChI=1S/C13H20O3/c1-10-8-12(15-4)9-11(2)13(10)16-7-5-6-14-3/h8-9H,5-7H2,1-4H3. The summed E-state index contributed by atoms with van der Waals surface area (Å²) in [6, 6.07) is 3.97. The molecule has 0 radical (unpaired) electrons. The molecule has 0 fully saturated rings. The van der Waals surface area contributed by atoms with Gasteiger partial charge in [0.05, 0.1) is 13.7 Å². The van der Waals surface area contributed by atoms with Crippen LogP contribution in [0, 0.1) is 13.8 Å². The molecule has 16 heavy (non-hydrogen) atoms. The Morgan fingerprint density at radius 3 is 2.12 bits per heavy atom. The van der Waals surface area contributed by atoms with Crippen molar-refractivity contribution in [2.75, 3.05) is 27.4 Å². The molecule has 0 bridgehead atoms. The van der Waals surface area contributed by atoms with E-state index in [2.05, 4.69) is 0 Å². The molecule has 90 valence electrons. The molecule has 0 amide bonds. The van der Waals surface area contributed by atoms with Crippen molar-refractivity contribution in [3.8, 4) is 11.5 Å². The minimum absolute atomic E-state index is 0.682. The van der Waals surface area contributed by atoms with Gasteiger partial charge in [0.2, 0.25) is 0 Å². The number of methoxy groups -OCH3 is 2. The second-order valence-electron chi connectivity index (χ2n) is 3.79. The molecule has 0 heterocycles. The summed E-state index contributed by atoms with van der Waals surface area (Å²) in [5.41, 5.74) is 2.21. The predicted molar refractivity (Wildman–Crippen MR) is 64.5 cm³/mol. The van der Waals surface area contributed by atoms with E-state index in [1.165, 1.54) is 0 Å². The Morgan fingerprint density at radius 1 is 1.00 bits per heavy atom. The average molecular weight is 224 g/mol. The fraction of sp³-hybridized carbons (Fsp3) is 0.538. The molecule has 0 aromatic heterocycles. The Hall–Kier alpha value is -1.22. The van der Waals surface area contributed by atoms with Crippen LogP contribution in [0.15, 0.2) is 12.1 Å². The maximum Gasteiger partial charge on any atom is 0.125 e. The van der Waals surface area contributed by atoms with Crippen molar-refractivity contribution in [1.82, 2.24) is 0 Å². The third-order valence-electron chi connectivity index (χ3n) is 2.41. The Kier molecular flexibility index (Phi) is 5.12. The molecule has 0 spiro atoms. The molecule has 0 aliphatic rings. The highest BCUT2D eigenvalue weighted by molar-refractivity contribution is 5.45. The van der Waals surface area contributed by atoms with Gasteiger partial charge in [-0.2, -0.15) is 0 Å². The fourth-order valence-corrected chi connectivity index (χ4v) is 1.63. The van der Waals surface area contributed by atoms with Gasteiger partial charge >= 0.3 is 0 Å². The average Bonchev–Trinajstić information content (AvgIpc) is 2.26. The van der Waals surface area contributed by atoms with Crippen LogP contribution in [0.5, 0.6) is 11.5 Å². The zero-order valence-electron chi connectivity index (χ0n) is 10.5. The van der Waals surface area contributed by atoms with E-state index in [9.17, 15) is 0 Å². The van der Waals surface area contributed by atoms with Gasteiger partial charge in [-0.1, -0.05) is 0 Å². The van der Waals surface area contributed by atoms with Crippen molar-refractivity contribution in [2.24, 2.45) is 0 Å². The lowest BCUT2D eigenvalue weighted by molar-refractivity contribution is 0.171. The Morgan fingerprint density at radius 2 is 1.62 bits per heavy atom. The maximum absolute atomic E-state index is 5.73. The van der Waals surface area contributed by atoms with Crippen LogP contribution in [0.2, 0.25) is 0 Å². The minimum Gasteiger partial charge on any atom is -0.497 e. The topological polar surface area (TPSA) is 27.7 Å². The number of hydrogen-bond donors (Lipinski definition) is 0. The van der Waals surface area contributed by atoms with Crippen LogP contribution in [-0.4, -0.2) is 27.4 Å². The highest BCUT2D eigenvalue weighted by Crippen LogP contribution is 2.28. The van der Waals surface area contributed by atoms with Crippen molar-refractivity contribution in [3.05, 3.63) is 23.3 Å². The summed E-state index contributed by atoms with van der Waals surface area (Å²) in [7, 11) is 3.37. The number of rotatable bonds is 6. The van der Waals surface area contributed by atoms with Gasteiger partial charge < -0.3 is 14.2 Å². The first-order valence-corrected chi connectivity index (χ1v) is 5.46. The van der Waals surface area contributed by atoms with E-state index in [-0.39, 0.29) is 0 Å². The molecule has 1 rings (SSSR count). The van der Waals surface area contributed by atoms with Crippen molar-refractivity contribution in [1.29, 1.82) is 0 Å². The molecule has 3 heteroatoms. The van der Waals surface area contributed by atoms with Gasteiger partial charge in [0, 0.05) is 20.1 Å². The van der Waals surface area contributed by atoms with Crippen LogP contribution in [0.1, 0.15) is 17.5 Å². The molecule has 0 N–H and O–H groups in total. The van der Waals surface area contributed by atoms with Gasteiger partial charge in [0.1, 0.15) is 11.5 Å². The number of benzene rings is 1. The van der Waals surface area contributed by atoms with Crippen LogP contribution >= 0.6 is 0 Å². The van der Waals surface area contributed by atoms with Gasteiger partial charge in [-0.05, 0) is 37.1 Å². The first kappa shape index (κ1) is 12.8. The van der Waals surface area contributed by atoms with E-state index in [0.29, 0.717) is 6.61 Å². The lowest BCUT2D eigenvalue weighted by Gasteiger charge is -2.13. The number of ether oxygens (including phenoxy) is 3. The summed E-state index contributed by atoms with van der Waals surface area (Å²) in [6.07, 6.45) is 0.904. The number of hydrogen-bond acceptors (Lipinski definition) is 3. The molecule has 0 aliphatic heterocycles. The molecule has 0 atom stereocenters. The molecule has 0 aliphatic carbocycles. The summed E-state index contributed by atoms with van der Waals surface area (Å²) in [6.45, 7) is 5.47. The molecule has 0 saturated carbocycles. The summed E-state index contributed by atoms with van der Waals surface area (Å²) in [4.78, 5) is 0. The normalized spacial score (nSPS) is 10.2. The summed E-state index contributed by atoms with van der Waals surface area (Å²) < 4.78 is 15.9. The van der Waals surface area contributed by atoms with Crippen molar-refractivity contribution in [2.45, 2.75) is 20.3 Å². The zero-order chi connectivity index (χ0) is 12.0. The van der Waals surface area contributed by atoms with E-state index in [4.69, 9.17) is 14.2 Å². The lowest BCUT2D eigenvalue weighted by atomic mass is 10.1. The SMILES string of the molecule is COCCCOc1c(C)cc(OC)cc1C. The van der Waals surface area contributed by atoms with E-state index >= 15 is 0 Å². The summed E-state index contributed by atoms with van der Waals surface area (Å²) in [5.74, 6) is 1.83. The zero-order valence-corrected chi connectivity index (χ0v) is 10.5. The fourth-order valence-electron chi connectivity index (χ4n) is 1.63. The van der Waals surface area contributed by atoms with Crippen LogP contribution in [-0.2, 0) is 4.74 Å². The van der Waals surface area contributed by atoms with Gasteiger partial charge in [-0.25, -0.2) is 0 Å². The quantitative estimate of drug-likeness (QED) is 0.695. The summed E-state index contributed by atoms with van der Waals surface area (Å²) in [5, 5.41) is 0. The minimum atomic E-state index is 0.682. The predicted octanol–water partition coefficient (Wildman–Crippen LogP) is 2.73. The van der Waals surface area contributed by atoms with Gasteiger partial charge in [0.15, 0.2) is 0 Å². The molecule has 1 aromatic carbocycles. The third kappa shape index (κ3) is 3.42. The lowest BCUT2D eigenvalue weighted by Crippen LogP contribution is -2.03. The maximum atomic E-state index is 5.73. The van der Waals surface area contributed by atoms with Crippen LogP contribution < -0.4 is 9.47 Å².